The van der Waals surface area contributed by atoms with E-state index in [2.05, 4.69) is 11.9 Å². The van der Waals surface area contributed by atoms with E-state index in [0.29, 0.717) is 25.1 Å². The molecule has 3 rings (SSSR count). The minimum Gasteiger partial charge on any atom is -0.326 e. The largest absolute Gasteiger partial charge is 0.326 e. The van der Waals surface area contributed by atoms with E-state index >= 15 is 0 Å². The molecular weight excluding hydrogens is 344 g/mol. The van der Waals surface area contributed by atoms with Crippen molar-refractivity contribution in [2.75, 3.05) is 11.9 Å². The van der Waals surface area contributed by atoms with Crippen molar-refractivity contribution in [3.05, 3.63) is 58.8 Å². The van der Waals surface area contributed by atoms with Gasteiger partial charge in [-0.2, -0.15) is 4.31 Å². The van der Waals surface area contributed by atoms with E-state index in [0.717, 1.165) is 10.4 Å². The van der Waals surface area contributed by atoms with E-state index in [-0.39, 0.29) is 17.3 Å². The van der Waals surface area contributed by atoms with Gasteiger partial charge in [-0.25, -0.2) is 8.42 Å². The second kappa shape index (κ2) is 6.88. The fourth-order valence-corrected chi connectivity index (χ4v) is 4.88. The third kappa shape index (κ3) is 3.43. The minimum absolute atomic E-state index is 0.0379. The number of aryl methyl sites for hydroxylation is 1. The van der Waals surface area contributed by atoms with Crippen molar-refractivity contribution >= 4 is 33.0 Å². The maximum Gasteiger partial charge on any atom is 0.243 e. The first-order chi connectivity index (χ1) is 11.5. The lowest BCUT2D eigenvalue weighted by atomic mass is 10.0. The number of amides is 1. The van der Waals surface area contributed by atoms with Crippen molar-refractivity contribution in [2.45, 2.75) is 24.3 Å². The molecule has 1 aromatic carbocycles. The van der Waals surface area contributed by atoms with Crippen LogP contribution in [0, 0.1) is 0 Å². The van der Waals surface area contributed by atoms with Crippen LogP contribution in [0.1, 0.15) is 16.9 Å². The molecule has 2 aromatic rings. The molecule has 0 unspecified atom stereocenters. The Morgan fingerprint density at radius 1 is 1.29 bits per heavy atom. The Bertz CT molecular complexity index is 858. The van der Waals surface area contributed by atoms with E-state index in [1.807, 2.05) is 17.5 Å². The summed E-state index contributed by atoms with van der Waals surface area (Å²) in [5.74, 6) is -0.0379. The second-order valence-corrected chi connectivity index (χ2v) is 8.50. The number of anilines is 1. The van der Waals surface area contributed by atoms with Crippen LogP contribution < -0.4 is 5.32 Å². The number of nitrogens with one attached hydrogen (secondary N) is 1. The summed E-state index contributed by atoms with van der Waals surface area (Å²) in [6.45, 7) is 4.23. The zero-order chi connectivity index (χ0) is 17.2. The van der Waals surface area contributed by atoms with Gasteiger partial charge in [0.05, 0.1) is 4.90 Å². The summed E-state index contributed by atoms with van der Waals surface area (Å²) in [5.41, 5.74) is 1.55. The van der Waals surface area contributed by atoms with Crippen molar-refractivity contribution < 1.29 is 13.2 Å². The summed E-state index contributed by atoms with van der Waals surface area (Å²) in [4.78, 5) is 12.7. The summed E-state index contributed by atoms with van der Waals surface area (Å²) in [6, 6.07) is 8.69. The van der Waals surface area contributed by atoms with Crippen LogP contribution in [-0.2, 0) is 27.8 Å². The molecule has 7 heteroatoms. The third-order valence-corrected chi connectivity index (χ3v) is 6.52. The number of nitrogens with zero attached hydrogens (tertiary/aromatic N) is 1. The van der Waals surface area contributed by atoms with Gasteiger partial charge in [0.1, 0.15) is 0 Å². The van der Waals surface area contributed by atoms with Crippen molar-refractivity contribution in [3.8, 4) is 0 Å². The average Bonchev–Trinajstić information content (AvgIpc) is 3.07. The highest BCUT2D eigenvalue weighted by Crippen LogP contribution is 2.28. The van der Waals surface area contributed by atoms with Crippen LogP contribution in [0.5, 0.6) is 0 Å². The highest BCUT2D eigenvalue weighted by molar-refractivity contribution is 7.89. The zero-order valence-electron chi connectivity index (χ0n) is 13.1. The fourth-order valence-electron chi connectivity index (χ4n) is 2.64. The maximum atomic E-state index is 13.0. The van der Waals surface area contributed by atoms with Gasteiger partial charge in [-0.15, -0.1) is 17.9 Å². The Morgan fingerprint density at radius 3 is 2.83 bits per heavy atom. The molecule has 1 amide bonds. The number of rotatable bonds is 6. The van der Waals surface area contributed by atoms with Gasteiger partial charge in [-0.1, -0.05) is 12.1 Å². The normalized spacial score (nSPS) is 14.3. The first kappa shape index (κ1) is 16.9. The minimum atomic E-state index is -3.63. The van der Waals surface area contributed by atoms with E-state index in [1.165, 1.54) is 15.6 Å². The van der Waals surface area contributed by atoms with Crippen LogP contribution in [-0.4, -0.2) is 25.2 Å². The molecule has 0 bridgehead atoms. The topological polar surface area (TPSA) is 66.5 Å². The molecule has 0 aliphatic carbocycles. The van der Waals surface area contributed by atoms with Gasteiger partial charge < -0.3 is 5.32 Å². The number of thiophene rings is 1. The van der Waals surface area contributed by atoms with Crippen LogP contribution in [0.3, 0.4) is 0 Å². The molecule has 0 saturated heterocycles. The highest BCUT2D eigenvalue weighted by Gasteiger charge is 2.26. The molecule has 0 fully saturated rings. The number of carbonyl (C=O) groups excluding carboxylic acids is 1. The molecule has 1 N–H and O–H groups in total. The molecular formula is C17H18N2O3S2. The van der Waals surface area contributed by atoms with E-state index in [1.54, 1.807) is 24.3 Å². The molecule has 0 atom stereocenters. The van der Waals surface area contributed by atoms with Crippen LogP contribution >= 0.6 is 11.3 Å². The number of benzene rings is 1. The summed E-state index contributed by atoms with van der Waals surface area (Å²) in [5, 5.41) is 4.69. The van der Waals surface area contributed by atoms with E-state index in [4.69, 9.17) is 0 Å². The Hall–Kier alpha value is -1.96. The number of fused-ring (bicyclic) bond motifs is 1. The second-order valence-electron chi connectivity index (χ2n) is 5.53. The molecule has 126 valence electrons. The SMILES string of the molecule is C=CCN(Cc1cccs1)S(=O)(=O)c1ccc2c(c1)CCC(=O)N2. The van der Waals surface area contributed by atoms with Crippen molar-refractivity contribution in [2.24, 2.45) is 0 Å². The van der Waals surface area contributed by atoms with Gasteiger partial charge in [-0.3, -0.25) is 4.79 Å². The summed E-state index contributed by atoms with van der Waals surface area (Å²) in [6.07, 6.45) is 2.52. The number of sulfonamides is 1. The molecule has 0 saturated carbocycles. The summed E-state index contributed by atoms with van der Waals surface area (Å²) in [7, 11) is -3.63. The lowest BCUT2D eigenvalue weighted by Crippen LogP contribution is -2.31. The van der Waals surface area contributed by atoms with Crippen molar-refractivity contribution in [1.29, 1.82) is 0 Å². The Morgan fingerprint density at radius 2 is 2.12 bits per heavy atom. The smallest absolute Gasteiger partial charge is 0.243 e. The van der Waals surface area contributed by atoms with Gasteiger partial charge in [0.25, 0.3) is 0 Å². The van der Waals surface area contributed by atoms with Crippen LogP contribution in [0.4, 0.5) is 5.69 Å². The van der Waals surface area contributed by atoms with Crippen LogP contribution in [0.2, 0.25) is 0 Å². The highest BCUT2D eigenvalue weighted by atomic mass is 32.2. The number of carbonyl (C=O) groups is 1. The average molecular weight is 362 g/mol. The molecule has 1 aliphatic heterocycles. The first-order valence-corrected chi connectivity index (χ1v) is 9.89. The molecule has 24 heavy (non-hydrogen) atoms. The Balaban J connectivity index is 1.92. The third-order valence-electron chi connectivity index (χ3n) is 3.85. The predicted molar refractivity (Wildman–Crippen MR) is 95.5 cm³/mol. The molecule has 1 aromatic heterocycles. The molecule has 1 aliphatic rings. The Labute approximate surface area is 145 Å². The zero-order valence-corrected chi connectivity index (χ0v) is 14.7. The lowest BCUT2D eigenvalue weighted by molar-refractivity contribution is -0.116. The summed E-state index contributed by atoms with van der Waals surface area (Å²) < 4.78 is 27.4. The monoisotopic (exact) mass is 362 g/mol. The van der Waals surface area contributed by atoms with Crippen molar-refractivity contribution in [3.63, 3.8) is 0 Å². The standard InChI is InChI=1S/C17H18N2O3S2/c1-2-9-19(12-14-4-3-10-23-14)24(21,22)15-6-7-16-13(11-15)5-8-17(20)18-16/h2-4,6-7,10-11H,1,5,8-9,12H2,(H,18,20). The number of hydrogen-bond donors (Lipinski definition) is 1. The quantitative estimate of drug-likeness (QED) is 0.803. The van der Waals surface area contributed by atoms with E-state index < -0.39 is 10.0 Å². The predicted octanol–water partition coefficient (Wildman–Crippen LogP) is 3.01. The van der Waals surface area contributed by atoms with Gasteiger partial charge in [0.2, 0.25) is 15.9 Å². The Kier molecular flexibility index (Phi) is 4.84. The van der Waals surface area contributed by atoms with Crippen LogP contribution in [0.15, 0.2) is 53.3 Å². The molecule has 0 spiro atoms. The summed E-state index contributed by atoms with van der Waals surface area (Å²) >= 11 is 1.52. The van der Waals surface area contributed by atoms with Gasteiger partial charge in [0.15, 0.2) is 0 Å². The number of hydrogen-bond acceptors (Lipinski definition) is 4. The maximum absolute atomic E-state index is 13.0. The lowest BCUT2D eigenvalue weighted by Gasteiger charge is -2.22. The molecule has 2 heterocycles. The first-order valence-electron chi connectivity index (χ1n) is 7.57. The molecule has 5 nitrogen and oxygen atoms in total. The van der Waals surface area contributed by atoms with E-state index in [9.17, 15) is 13.2 Å². The van der Waals surface area contributed by atoms with Crippen LogP contribution in [0.25, 0.3) is 0 Å². The van der Waals surface area contributed by atoms with Gasteiger partial charge >= 0.3 is 0 Å². The fraction of sp³-hybridized carbons (Fsp3) is 0.235. The van der Waals surface area contributed by atoms with Gasteiger partial charge in [-0.05, 0) is 41.6 Å². The van der Waals surface area contributed by atoms with Gasteiger partial charge in [0, 0.05) is 30.1 Å². The molecule has 0 radical (unpaired) electrons. The van der Waals surface area contributed by atoms with Crippen molar-refractivity contribution in [1.82, 2.24) is 4.31 Å².